The number of benzene rings is 1. The van der Waals surface area contributed by atoms with Crippen molar-refractivity contribution in [1.82, 2.24) is 0 Å². The van der Waals surface area contributed by atoms with E-state index in [-0.39, 0.29) is 5.92 Å². The summed E-state index contributed by atoms with van der Waals surface area (Å²) in [6.07, 6.45) is 4.07. The Kier molecular flexibility index (Phi) is 2.53. The lowest BCUT2D eigenvalue weighted by Gasteiger charge is -2.20. The molecule has 0 saturated heterocycles. The first-order chi connectivity index (χ1) is 10.2. The van der Waals surface area contributed by atoms with E-state index in [1.165, 1.54) is 19.3 Å². The molecule has 3 fully saturated rings. The molecule has 0 N–H and O–H groups in total. The number of ketones is 1. The average molecular weight is 349 g/mol. The molecule has 0 aromatic heterocycles. The lowest BCUT2D eigenvalue weighted by Crippen LogP contribution is -2.17. The summed E-state index contributed by atoms with van der Waals surface area (Å²) in [4.78, 5) is 12.9. The minimum atomic E-state index is 0.273. The molecule has 21 heavy (non-hydrogen) atoms. The number of hydrogen-bond donors (Lipinski definition) is 0. The predicted molar refractivity (Wildman–Crippen MR) is 80.8 cm³/mol. The Morgan fingerprint density at radius 3 is 2.33 bits per heavy atom. The zero-order valence-electron chi connectivity index (χ0n) is 11.7. The molecule has 2 bridgehead atoms. The highest BCUT2D eigenvalue weighted by Gasteiger charge is 2.67. The molecule has 3 nitrogen and oxygen atoms in total. The van der Waals surface area contributed by atoms with Crippen LogP contribution in [0.25, 0.3) is 0 Å². The van der Waals surface area contributed by atoms with Crippen LogP contribution < -0.4 is 9.47 Å². The van der Waals surface area contributed by atoms with E-state index >= 15 is 0 Å². The van der Waals surface area contributed by atoms with Crippen LogP contribution in [0.4, 0.5) is 0 Å². The van der Waals surface area contributed by atoms with Gasteiger partial charge in [0.25, 0.3) is 0 Å². The minimum absolute atomic E-state index is 0.273. The number of carbonyl (C=O) groups is 1. The quantitative estimate of drug-likeness (QED) is 0.764. The third kappa shape index (κ3) is 1.68. The van der Waals surface area contributed by atoms with Gasteiger partial charge in [-0.15, -0.1) is 0 Å². The highest BCUT2D eigenvalue weighted by Crippen LogP contribution is 2.70. The SMILES string of the molecule is O=C(c1cc2c(cc1Br)OCCO2)C1C2C3CCC(C3)C12. The van der Waals surface area contributed by atoms with E-state index in [0.717, 1.165) is 27.6 Å². The van der Waals surface area contributed by atoms with E-state index in [0.29, 0.717) is 36.6 Å². The van der Waals surface area contributed by atoms with Crippen LogP contribution in [0.5, 0.6) is 11.5 Å². The first kappa shape index (κ1) is 12.5. The summed E-state index contributed by atoms with van der Waals surface area (Å²) in [5.74, 6) is 5.03. The van der Waals surface area contributed by atoms with Crippen molar-refractivity contribution in [3.63, 3.8) is 0 Å². The van der Waals surface area contributed by atoms with Gasteiger partial charge in [-0.1, -0.05) is 0 Å². The van der Waals surface area contributed by atoms with Gasteiger partial charge in [0.15, 0.2) is 17.3 Å². The largest absolute Gasteiger partial charge is 0.486 e. The lowest BCUT2D eigenvalue weighted by atomic mass is 9.96. The molecule has 4 atom stereocenters. The summed E-state index contributed by atoms with van der Waals surface area (Å²) in [7, 11) is 0. The van der Waals surface area contributed by atoms with Crippen molar-refractivity contribution in [1.29, 1.82) is 0 Å². The maximum atomic E-state index is 12.9. The van der Waals surface area contributed by atoms with Crippen LogP contribution >= 0.6 is 15.9 Å². The van der Waals surface area contributed by atoms with Gasteiger partial charge in [-0.2, -0.15) is 0 Å². The topological polar surface area (TPSA) is 35.5 Å². The first-order valence-corrected chi connectivity index (χ1v) is 8.66. The Bertz CT molecular complexity index is 625. The van der Waals surface area contributed by atoms with Crippen LogP contribution in [-0.2, 0) is 0 Å². The van der Waals surface area contributed by atoms with E-state index in [1.54, 1.807) is 0 Å². The second kappa shape index (κ2) is 4.25. The molecular weight excluding hydrogens is 332 g/mol. The Morgan fingerprint density at radius 1 is 1.05 bits per heavy atom. The molecule has 3 saturated carbocycles. The Hall–Kier alpha value is -1.03. The number of halogens is 1. The van der Waals surface area contributed by atoms with Gasteiger partial charge in [-0.05, 0) is 71.0 Å². The molecule has 0 spiro atoms. The van der Waals surface area contributed by atoms with Crippen LogP contribution in [0.3, 0.4) is 0 Å². The number of Topliss-reactive ketones (excluding diaryl/α,β-unsaturated/α-hetero) is 1. The van der Waals surface area contributed by atoms with Crippen LogP contribution in [0, 0.1) is 29.6 Å². The predicted octanol–water partition coefficient (Wildman–Crippen LogP) is 3.70. The van der Waals surface area contributed by atoms with Crippen molar-refractivity contribution < 1.29 is 14.3 Å². The molecule has 0 radical (unpaired) electrons. The molecule has 1 aliphatic heterocycles. The van der Waals surface area contributed by atoms with E-state index in [4.69, 9.17) is 9.47 Å². The molecule has 4 aliphatic rings. The van der Waals surface area contributed by atoms with Crippen LogP contribution in [0.2, 0.25) is 0 Å². The van der Waals surface area contributed by atoms with Gasteiger partial charge in [0, 0.05) is 16.0 Å². The standard InChI is InChI=1S/C17H17BrO3/c18-11-7-13-12(20-3-4-21-13)6-10(11)17(19)16-14-8-1-2-9(5-8)15(14)16/h6-9,14-16H,1-5H2. The van der Waals surface area contributed by atoms with Crippen LogP contribution in [0.15, 0.2) is 16.6 Å². The zero-order valence-corrected chi connectivity index (χ0v) is 13.3. The molecule has 5 rings (SSSR count). The fourth-order valence-electron chi connectivity index (χ4n) is 5.11. The highest BCUT2D eigenvalue weighted by atomic mass is 79.9. The van der Waals surface area contributed by atoms with Crippen molar-refractivity contribution in [2.75, 3.05) is 13.2 Å². The Balaban J connectivity index is 1.47. The van der Waals surface area contributed by atoms with E-state index in [1.807, 2.05) is 12.1 Å². The number of rotatable bonds is 2. The third-order valence-corrected chi connectivity index (χ3v) is 6.59. The van der Waals surface area contributed by atoms with E-state index in [9.17, 15) is 4.79 Å². The van der Waals surface area contributed by atoms with Crippen molar-refractivity contribution in [3.05, 3.63) is 22.2 Å². The van der Waals surface area contributed by atoms with Crippen molar-refractivity contribution in [3.8, 4) is 11.5 Å². The highest BCUT2D eigenvalue weighted by molar-refractivity contribution is 9.10. The second-order valence-electron chi connectivity index (χ2n) is 6.85. The van der Waals surface area contributed by atoms with Crippen LogP contribution in [-0.4, -0.2) is 19.0 Å². The second-order valence-corrected chi connectivity index (χ2v) is 7.71. The maximum absolute atomic E-state index is 12.9. The molecular formula is C17H17BrO3. The maximum Gasteiger partial charge on any atom is 0.167 e. The molecule has 1 heterocycles. The van der Waals surface area contributed by atoms with Gasteiger partial charge >= 0.3 is 0 Å². The summed E-state index contributed by atoms with van der Waals surface area (Å²) in [6, 6.07) is 3.76. The van der Waals surface area contributed by atoms with Gasteiger partial charge in [0.1, 0.15) is 13.2 Å². The number of carbonyl (C=O) groups excluding carboxylic acids is 1. The monoisotopic (exact) mass is 348 g/mol. The molecule has 110 valence electrons. The molecule has 3 aliphatic carbocycles. The number of hydrogen-bond acceptors (Lipinski definition) is 3. The lowest BCUT2D eigenvalue weighted by molar-refractivity contribution is 0.0942. The molecule has 1 aromatic carbocycles. The van der Waals surface area contributed by atoms with Crippen LogP contribution in [0.1, 0.15) is 29.6 Å². The first-order valence-electron chi connectivity index (χ1n) is 7.87. The van der Waals surface area contributed by atoms with Gasteiger partial charge in [0.2, 0.25) is 0 Å². The summed E-state index contributed by atoms with van der Waals surface area (Å²) in [5, 5.41) is 0. The number of fused-ring (bicyclic) bond motifs is 6. The van der Waals surface area contributed by atoms with Crippen molar-refractivity contribution >= 4 is 21.7 Å². The fourth-order valence-corrected chi connectivity index (χ4v) is 5.63. The van der Waals surface area contributed by atoms with Gasteiger partial charge < -0.3 is 9.47 Å². The average Bonchev–Trinajstić information content (AvgIpc) is 2.93. The summed E-state index contributed by atoms with van der Waals surface area (Å²) < 4.78 is 12.0. The smallest absolute Gasteiger partial charge is 0.167 e. The van der Waals surface area contributed by atoms with Gasteiger partial charge in [-0.3, -0.25) is 4.79 Å². The molecule has 1 aromatic rings. The zero-order chi connectivity index (χ0) is 14.1. The summed E-state index contributed by atoms with van der Waals surface area (Å²) in [5.41, 5.74) is 0.776. The van der Waals surface area contributed by atoms with Crippen molar-refractivity contribution in [2.45, 2.75) is 19.3 Å². The Labute approximate surface area is 132 Å². The third-order valence-electron chi connectivity index (χ3n) is 5.94. The minimum Gasteiger partial charge on any atom is -0.486 e. The van der Waals surface area contributed by atoms with E-state index < -0.39 is 0 Å². The number of ether oxygens (including phenoxy) is 2. The van der Waals surface area contributed by atoms with Crippen molar-refractivity contribution in [2.24, 2.45) is 29.6 Å². The fraction of sp³-hybridized carbons (Fsp3) is 0.588. The van der Waals surface area contributed by atoms with E-state index in [2.05, 4.69) is 15.9 Å². The Morgan fingerprint density at radius 2 is 1.67 bits per heavy atom. The molecule has 4 unspecified atom stereocenters. The van der Waals surface area contributed by atoms with Gasteiger partial charge in [-0.25, -0.2) is 0 Å². The molecule has 0 amide bonds. The normalized spacial score (nSPS) is 38.2. The molecule has 4 heteroatoms. The summed E-state index contributed by atoms with van der Waals surface area (Å²) in [6.45, 7) is 1.13. The summed E-state index contributed by atoms with van der Waals surface area (Å²) >= 11 is 3.54. The van der Waals surface area contributed by atoms with Gasteiger partial charge in [0.05, 0.1) is 0 Å².